The van der Waals surface area contributed by atoms with Crippen LogP contribution in [0.1, 0.15) is 35.5 Å². The lowest BCUT2D eigenvalue weighted by Crippen LogP contribution is -2.39. The number of hydrogen-bond acceptors (Lipinski definition) is 7. The molecule has 1 amide bonds. The van der Waals surface area contributed by atoms with E-state index >= 15 is 0 Å². The number of carboxylic acids is 1. The molecule has 1 aliphatic rings. The number of carbonyl (C=O) groups excluding carboxylic acids is 1. The molecule has 0 spiro atoms. The molecule has 9 nitrogen and oxygen atoms in total. The van der Waals surface area contributed by atoms with Gasteiger partial charge in [-0.05, 0) is 31.5 Å². The quantitative estimate of drug-likeness (QED) is 0.651. The SMILES string of the molecule is Cc1nc(-c2cccc(C(=O)N[C@@H](CCCN3CCOCC3)CC(=O)O)c2)no1. The Morgan fingerprint density at radius 1 is 1.31 bits per heavy atom. The highest BCUT2D eigenvalue weighted by Crippen LogP contribution is 2.17. The zero-order chi connectivity index (χ0) is 20.6. The summed E-state index contributed by atoms with van der Waals surface area (Å²) in [5.41, 5.74) is 1.09. The van der Waals surface area contributed by atoms with Gasteiger partial charge < -0.3 is 19.7 Å². The first kappa shape index (κ1) is 20.9. The lowest BCUT2D eigenvalue weighted by Gasteiger charge is -2.27. The molecule has 156 valence electrons. The highest BCUT2D eigenvalue weighted by Gasteiger charge is 2.19. The number of carbonyl (C=O) groups is 2. The molecule has 2 N–H and O–H groups in total. The van der Waals surface area contributed by atoms with Crippen molar-refractivity contribution in [3.63, 3.8) is 0 Å². The number of nitrogens with one attached hydrogen (secondary N) is 1. The Morgan fingerprint density at radius 3 is 2.79 bits per heavy atom. The van der Waals surface area contributed by atoms with Crippen molar-refractivity contribution in [3.05, 3.63) is 35.7 Å². The van der Waals surface area contributed by atoms with Crippen molar-refractivity contribution >= 4 is 11.9 Å². The first-order chi connectivity index (χ1) is 14.0. The summed E-state index contributed by atoms with van der Waals surface area (Å²) in [5.74, 6) is -0.399. The van der Waals surface area contributed by atoms with Crippen LogP contribution in [0.15, 0.2) is 28.8 Å². The van der Waals surface area contributed by atoms with Gasteiger partial charge in [0.1, 0.15) is 0 Å². The topological polar surface area (TPSA) is 118 Å². The summed E-state index contributed by atoms with van der Waals surface area (Å²) in [6.07, 6.45) is 1.29. The van der Waals surface area contributed by atoms with E-state index in [-0.39, 0.29) is 12.3 Å². The van der Waals surface area contributed by atoms with E-state index in [0.29, 0.717) is 29.3 Å². The Balaban J connectivity index is 1.59. The molecule has 1 aliphatic heterocycles. The summed E-state index contributed by atoms with van der Waals surface area (Å²) in [7, 11) is 0. The van der Waals surface area contributed by atoms with Crippen LogP contribution in [-0.4, -0.2) is 70.9 Å². The first-order valence-electron chi connectivity index (χ1n) is 9.75. The molecule has 9 heteroatoms. The molecule has 3 rings (SSSR count). The lowest BCUT2D eigenvalue weighted by atomic mass is 10.1. The fraction of sp³-hybridized carbons (Fsp3) is 0.500. The second-order valence-corrected chi connectivity index (χ2v) is 7.08. The van der Waals surface area contributed by atoms with Crippen LogP contribution >= 0.6 is 0 Å². The molecule has 0 unspecified atom stereocenters. The number of hydrogen-bond donors (Lipinski definition) is 2. The summed E-state index contributed by atoms with van der Waals surface area (Å²) in [6, 6.07) is 6.44. The molecular weight excluding hydrogens is 376 g/mol. The molecule has 1 aromatic heterocycles. The van der Waals surface area contributed by atoms with Gasteiger partial charge in [-0.25, -0.2) is 0 Å². The van der Waals surface area contributed by atoms with E-state index in [1.165, 1.54) is 0 Å². The number of aromatic nitrogens is 2. The molecule has 29 heavy (non-hydrogen) atoms. The van der Waals surface area contributed by atoms with Gasteiger partial charge in [0, 0.05) is 37.2 Å². The van der Waals surface area contributed by atoms with Crippen LogP contribution in [0.25, 0.3) is 11.4 Å². The maximum absolute atomic E-state index is 12.7. The molecule has 0 bridgehead atoms. The molecule has 1 aromatic carbocycles. The summed E-state index contributed by atoms with van der Waals surface area (Å²) in [5, 5.41) is 15.9. The summed E-state index contributed by atoms with van der Waals surface area (Å²) < 4.78 is 10.3. The number of aliphatic carboxylic acids is 1. The maximum atomic E-state index is 12.7. The van der Waals surface area contributed by atoms with Gasteiger partial charge in [0.25, 0.3) is 5.91 Å². The van der Waals surface area contributed by atoms with Crippen LogP contribution in [0.3, 0.4) is 0 Å². The number of nitrogens with zero attached hydrogens (tertiary/aromatic N) is 3. The highest BCUT2D eigenvalue weighted by atomic mass is 16.5. The van der Waals surface area contributed by atoms with E-state index in [4.69, 9.17) is 9.26 Å². The largest absolute Gasteiger partial charge is 0.481 e. The minimum atomic E-state index is -0.933. The fourth-order valence-electron chi connectivity index (χ4n) is 3.31. The smallest absolute Gasteiger partial charge is 0.305 e. The third kappa shape index (κ3) is 6.37. The average Bonchev–Trinajstić information content (AvgIpc) is 3.15. The molecule has 0 saturated carbocycles. The van der Waals surface area contributed by atoms with E-state index in [0.717, 1.165) is 39.3 Å². The van der Waals surface area contributed by atoms with Crippen molar-refractivity contribution < 1.29 is 24.0 Å². The lowest BCUT2D eigenvalue weighted by molar-refractivity contribution is -0.137. The van der Waals surface area contributed by atoms with Crippen molar-refractivity contribution in [3.8, 4) is 11.4 Å². The second-order valence-electron chi connectivity index (χ2n) is 7.08. The van der Waals surface area contributed by atoms with Gasteiger partial charge in [0.2, 0.25) is 11.7 Å². The van der Waals surface area contributed by atoms with Gasteiger partial charge in [-0.2, -0.15) is 4.98 Å². The van der Waals surface area contributed by atoms with Crippen molar-refractivity contribution in [1.82, 2.24) is 20.4 Å². The van der Waals surface area contributed by atoms with Crippen molar-refractivity contribution in [2.24, 2.45) is 0 Å². The number of morpholine rings is 1. The zero-order valence-electron chi connectivity index (χ0n) is 16.5. The van der Waals surface area contributed by atoms with Crippen LogP contribution in [-0.2, 0) is 9.53 Å². The normalized spacial score (nSPS) is 15.8. The van der Waals surface area contributed by atoms with Crippen LogP contribution < -0.4 is 5.32 Å². The van der Waals surface area contributed by atoms with Crippen LogP contribution in [0.5, 0.6) is 0 Å². The Labute approximate surface area is 169 Å². The van der Waals surface area contributed by atoms with Gasteiger partial charge in [0.15, 0.2) is 0 Å². The van der Waals surface area contributed by atoms with E-state index in [2.05, 4.69) is 20.4 Å². The Hall–Kier alpha value is -2.78. The number of benzene rings is 1. The maximum Gasteiger partial charge on any atom is 0.305 e. The number of amides is 1. The molecule has 2 heterocycles. The second kappa shape index (κ2) is 10.1. The standard InChI is InChI=1S/C20H26N4O5/c1-14-21-19(23-29-14)15-4-2-5-16(12-15)20(27)22-17(13-18(25)26)6-3-7-24-8-10-28-11-9-24/h2,4-5,12,17H,3,6-11,13H2,1H3,(H,22,27)(H,25,26)/t17-/m0/s1. The first-order valence-corrected chi connectivity index (χ1v) is 9.75. The van der Waals surface area contributed by atoms with Gasteiger partial charge in [-0.15, -0.1) is 0 Å². The number of aryl methyl sites for hydroxylation is 1. The summed E-state index contributed by atoms with van der Waals surface area (Å²) in [6.45, 7) is 5.79. The van der Waals surface area contributed by atoms with Gasteiger partial charge in [-0.3, -0.25) is 14.5 Å². The van der Waals surface area contributed by atoms with Crippen LogP contribution in [0.2, 0.25) is 0 Å². The minimum Gasteiger partial charge on any atom is -0.481 e. The van der Waals surface area contributed by atoms with Crippen molar-refractivity contribution in [2.45, 2.75) is 32.2 Å². The van der Waals surface area contributed by atoms with Crippen molar-refractivity contribution in [1.29, 1.82) is 0 Å². The number of rotatable bonds is 9. The molecule has 2 aromatic rings. The van der Waals surface area contributed by atoms with Crippen LogP contribution in [0.4, 0.5) is 0 Å². The third-order valence-corrected chi connectivity index (χ3v) is 4.80. The van der Waals surface area contributed by atoms with E-state index in [1.807, 2.05) is 0 Å². The van der Waals surface area contributed by atoms with E-state index in [9.17, 15) is 14.7 Å². The van der Waals surface area contributed by atoms with E-state index in [1.54, 1.807) is 31.2 Å². The molecule has 0 aliphatic carbocycles. The molecule has 1 atom stereocenters. The summed E-state index contributed by atoms with van der Waals surface area (Å²) in [4.78, 5) is 30.4. The number of carboxylic acid groups (broad SMARTS) is 1. The molecule has 1 fully saturated rings. The molecule has 1 saturated heterocycles. The monoisotopic (exact) mass is 402 g/mol. The summed E-state index contributed by atoms with van der Waals surface area (Å²) >= 11 is 0. The van der Waals surface area contributed by atoms with Crippen LogP contribution in [0, 0.1) is 6.92 Å². The minimum absolute atomic E-state index is 0.113. The predicted octanol–water partition coefficient (Wildman–Crippen LogP) is 1.73. The Kier molecular flexibility index (Phi) is 7.31. The Morgan fingerprint density at radius 2 is 2.10 bits per heavy atom. The van der Waals surface area contributed by atoms with Gasteiger partial charge in [-0.1, -0.05) is 17.3 Å². The third-order valence-electron chi connectivity index (χ3n) is 4.80. The van der Waals surface area contributed by atoms with Gasteiger partial charge >= 0.3 is 5.97 Å². The van der Waals surface area contributed by atoms with Gasteiger partial charge in [0.05, 0.1) is 19.6 Å². The van der Waals surface area contributed by atoms with E-state index < -0.39 is 12.0 Å². The zero-order valence-corrected chi connectivity index (χ0v) is 16.5. The molecule has 0 radical (unpaired) electrons. The predicted molar refractivity (Wildman–Crippen MR) is 104 cm³/mol. The number of ether oxygens (including phenoxy) is 1. The highest BCUT2D eigenvalue weighted by molar-refractivity contribution is 5.95. The fourth-order valence-corrected chi connectivity index (χ4v) is 3.31. The Bertz CT molecular complexity index is 832. The average molecular weight is 402 g/mol. The van der Waals surface area contributed by atoms with Crippen molar-refractivity contribution in [2.75, 3.05) is 32.8 Å². The molecular formula is C20H26N4O5.